The molecular weight excluding hydrogens is 188 g/mol. The van der Waals surface area contributed by atoms with Crippen molar-refractivity contribution in [1.29, 1.82) is 0 Å². The van der Waals surface area contributed by atoms with Gasteiger partial charge >= 0.3 is 5.97 Å². The Kier molecular flexibility index (Phi) is 3.59. The molecule has 76 valence electrons. The molecule has 1 aromatic heterocycles. The van der Waals surface area contributed by atoms with E-state index in [1.54, 1.807) is 6.92 Å². The van der Waals surface area contributed by atoms with Crippen molar-refractivity contribution in [3.63, 3.8) is 0 Å². The zero-order chi connectivity index (χ0) is 10.4. The minimum atomic E-state index is -0.611. The van der Waals surface area contributed by atoms with E-state index >= 15 is 0 Å². The van der Waals surface area contributed by atoms with E-state index in [2.05, 4.69) is 20.1 Å². The van der Waals surface area contributed by atoms with Gasteiger partial charge in [0, 0.05) is 0 Å². The minimum Gasteiger partial charge on any atom is -0.460 e. The molecule has 0 spiro atoms. The van der Waals surface area contributed by atoms with Crippen molar-refractivity contribution in [3.8, 4) is 0 Å². The van der Waals surface area contributed by atoms with Crippen molar-refractivity contribution in [3.05, 3.63) is 12.7 Å². The maximum atomic E-state index is 11.3. The predicted octanol–water partition coefficient (Wildman–Crippen LogP) is -0.351. The number of rotatable bonds is 2. The molecule has 0 saturated carbocycles. The van der Waals surface area contributed by atoms with E-state index in [1.807, 2.05) is 0 Å². The van der Waals surface area contributed by atoms with Crippen LogP contribution in [0, 0.1) is 0 Å². The van der Waals surface area contributed by atoms with E-state index in [0.29, 0.717) is 0 Å². The van der Waals surface area contributed by atoms with Crippen molar-refractivity contribution in [2.75, 3.05) is 13.7 Å². The fourth-order valence-electron chi connectivity index (χ4n) is 0.772. The van der Waals surface area contributed by atoms with Gasteiger partial charge in [-0.05, 0) is 6.92 Å². The van der Waals surface area contributed by atoms with Crippen LogP contribution in [-0.2, 0) is 14.4 Å². The van der Waals surface area contributed by atoms with E-state index in [0.717, 1.165) is 0 Å². The van der Waals surface area contributed by atoms with Crippen LogP contribution in [0.15, 0.2) is 17.8 Å². The molecule has 0 aliphatic rings. The van der Waals surface area contributed by atoms with Crippen molar-refractivity contribution < 1.29 is 14.4 Å². The quantitative estimate of drug-likeness (QED) is 0.281. The van der Waals surface area contributed by atoms with Gasteiger partial charge in [-0.3, -0.25) is 0 Å². The second-order valence-electron chi connectivity index (χ2n) is 2.16. The summed E-state index contributed by atoms with van der Waals surface area (Å²) in [5.74, 6) is -0.674. The van der Waals surface area contributed by atoms with Gasteiger partial charge in [-0.1, -0.05) is 5.16 Å². The Bertz CT molecular complexity index is 320. The first kappa shape index (κ1) is 10.2. The highest BCUT2D eigenvalue weighted by Gasteiger charge is 2.16. The van der Waals surface area contributed by atoms with Crippen LogP contribution in [-0.4, -0.2) is 40.3 Å². The van der Waals surface area contributed by atoms with Crippen LogP contribution in [0.25, 0.3) is 0 Å². The fourth-order valence-corrected chi connectivity index (χ4v) is 0.772. The molecule has 0 bridgehead atoms. The zero-order valence-electron chi connectivity index (χ0n) is 7.88. The Morgan fingerprint density at radius 1 is 1.64 bits per heavy atom. The zero-order valence-corrected chi connectivity index (χ0v) is 7.88. The topological polar surface area (TPSA) is 78.6 Å². The number of oxime groups is 1. The van der Waals surface area contributed by atoms with Gasteiger partial charge in [-0.15, -0.1) is 0 Å². The highest BCUT2D eigenvalue weighted by Crippen LogP contribution is 1.90. The number of hydrogen-bond acceptors (Lipinski definition) is 6. The molecule has 0 aliphatic heterocycles. The lowest BCUT2D eigenvalue weighted by atomic mass is 10.6. The summed E-state index contributed by atoms with van der Waals surface area (Å²) in [6.45, 7) is 1.96. The van der Waals surface area contributed by atoms with E-state index in [9.17, 15) is 4.79 Å². The van der Waals surface area contributed by atoms with Crippen LogP contribution < -0.4 is 0 Å². The molecular formula is C7H10N4O3. The maximum absolute atomic E-state index is 11.3. The highest BCUT2D eigenvalue weighted by molar-refractivity contribution is 6.35. The standard InChI is InChI=1S/C7H10N4O3/c1-3-14-7(12)6(10-13-2)11-5-8-4-9-11/h4-5H,3H2,1-2H3. The summed E-state index contributed by atoms with van der Waals surface area (Å²) in [7, 11) is 1.33. The van der Waals surface area contributed by atoms with Crippen molar-refractivity contribution >= 4 is 11.8 Å². The summed E-state index contributed by atoms with van der Waals surface area (Å²) in [4.78, 5) is 19.5. The van der Waals surface area contributed by atoms with Gasteiger partial charge in [-0.2, -0.15) is 9.78 Å². The van der Waals surface area contributed by atoms with Crippen LogP contribution in [0.5, 0.6) is 0 Å². The predicted molar refractivity (Wildman–Crippen MR) is 46.5 cm³/mol. The van der Waals surface area contributed by atoms with Crippen molar-refractivity contribution in [1.82, 2.24) is 14.8 Å². The lowest BCUT2D eigenvalue weighted by Crippen LogP contribution is -2.26. The Morgan fingerprint density at radius 2 is 2.43 bits per heavy atom. The molecule has 7 heteroatoms. The van der Waals surface area contributed by atoms with Gasteiger partial charge in [0.1, 0.15) is 19.8 Å². The smallest absolute Gasteiger partial charge is 0.379 e. The number of nitrogens with zero attached hydrogens (tertiary/aromatic N) is 4. The average Bonchev–Trinajstić information content (AvgIpc) is 2.67. The number of ether oxygens (including phenoxy) is 1. The molecule has 0 unspecified atom stereocenters. The second kappa shape index (κ2) is 4.95. The Balaban J connectivity index is 2.86. The largest absolute Gasteiger partial charge is 0.460 e. The lowest BCUT2D eigenvalue weighted by molar-refractivity contribution is -0.135. The molecule has 1 heterocycles. The third-order valence-corrected chi connectivity index (χ3v) is 1.27. The summed E-state index contributed by atoms with van der Waals surface area (Å²) < 4.78 is 5.91. The van der Waals surface area contributed by atoms with E-state index in [1.165, 1.54) is 24.4 Å². The monoisotopic (exact) mass is 198 g/mol. The number of aromatic nitrogens is 3. The molecule has 0 N–H and O–H groups in total. The molecule has 0 atom stereocenters. The Labute approximate surface area is 80.3 Å². The number of esters is 1. The normalized spacial score (nSPS) is 11.1. The van der Waals surface area contributed by atoms with E-state index < -0.39 is 5.97 Å². The molecule has 1 aromatic rings. The first-order valence-electron chi connectivity index (χ1n) is 3.92. The number of hydrogen-bond donors (Lipinski definition) is 0. The lowest BCUT2D eigenvalue weighted by Gasteiger charge is -2.03. The van der Waals surface area contributed by atoms with Gasteiger partial charge < -0.3 is 9.57 Å². The second-order valence-corrected chi connectivity index (χ2v) is 2.16. The van der Waals surface area contributed by atoms with Crippen LogP contribution in [0.1, 0.15) is 6.92 Å². The third kappa shape index (κ3) is 2.28. The molecule has 0 amide bonds. The molecule has 14 heavy (non-hydrogen) atoms. The summed E-state index contributed by atoms with van der Waals surface area (Å²) in [5.41, 5.74) is 0. The molecule has 0 fully saturated rings. The molecule has 1 rings (SSSR count). The van der Waals surface area contributed by atoms with Gasteiger partial charge in [-0.25, -0.2) is 9.78 Å². The van der Waals surface area contributed by atoms with Gasteiger partial charge in [0.15, 0.2) is 0 Å². The summed E-state index contributed by atoms with van der Waals surface area (Å²) >= 11 is 0. The maximum Gasteiger partial charge on any atom is 0.379 e. The average molecular weight is 198 g/mol. The summed E-state index contributed by atoms with van der Waals surface area (Å²) in [6, 6.07) is 0. The number of carbonyl (C=O) groups excluding carboxylic acids is 1. The van der Waals surface area contributed by atoms with Crippen LogP contribution in [0.3, 0.4) is 0 Å². The first-order chi connectivity index (χ1) is 6.79. The summed E-state index contributed by atoms with van der Waals surface area (Å²) in [5, 5.41) is 7.22. The van der Waals surface area contributed by atoms with Gasteiger partial charge in [0.05, 0.1) is 6.61 Å². The van der Waals surface area contributed by atoms with Crippen LogP contribution in [0.2, 0.25) is 0 Å². The third-order valence-electron chi connectivity index (χ3n) is 1.27. The van der Waals surface area contributed by atoms with Crippen molar-refractivity contribution in [2.45, 2.75) is 6.92 Å². The van der Waals surface area contributed by atoms with Gasteiger partial charge in [0.2, 0.25) is 0 Å². The molecule has 0 aliphatic carbocycles. The van der Waals surface area contributed by atoms with E-state index in [-0.39, 0.29) is 12.4 Å². The highest BCUT2D eigenvalue weighted by atomic mass is 16.6. The fraction of sp³-hybridized carbons (Fsp3) is 0.429. The molecule has 7 nitrogen and oxygen atoms in total. The molecule has 0 saturated heterocycles. The Hall–Kier alpha value is -1.92. The van der Waals surface area contributed by atoms with E-state index in [4.69, 9.17) is 4.74 Å². The molecule has 0 radical (unpaired) electrons. The Morgan fingerprint density at radius 3 is 2.93 bits per heavy atom. The van der Waals surface area contributed by atoms with Gasteiger partial charge in [0.25, 0.3) is 5.84 Å². The minimum absolute atomic E-state index is 0.0631. The SMILES string of the molecule is CCOC(=O)C(=NOC)n1cncn1. The first-order valence-corrected chi connectivity index (χ1v) is 3.92. The van der Waals surface area contributed by atoms with Crippen LogP contribution in [0.4, 0.5) is 0 Å². The molecule has 0 aromatic carbocycles. The van der Waals surface area contributed by atoms with Crippen LogP contribution >= 0.6 is 0 Å². The summed E-state index contributed by atoms with van der Waals surface area (Å²) in [6.07, 6.45) is 2.61. The number of carbonyl (C=O) groups is 1. The van der Waals surface area contributed by atoms with Crippen molar-refractivity contribution in [2.24, 2.45) is 5.16 Å².